The zero-order valence-electron chi connectivity index (χ0n) is 11.6. The Morgan fingerprint density at radius 2 is 2.14 bits per heavy atom. The Labute approximate surface area is 125 Å². The first kappa shape index (κ1) is 14.9. The van der Waals surface area contributed by atoms with Gasteiger partial charge in [0.1, 0.15) is 0 Å². The van der Waals surface area contributed by atoms with Gasteiger partial charge in [0.2, 0.25) is 5.91 Å². The summed E-state index contributed by atoms with van der Waals surface area (Å²) in [5.41, 5.74) is -1.28. The summed E-state index contributed by atoms with van der Waals surface area (Å²) >= 11 is 0. The number of fused-ring (bicyclic) bond motifs is 1. The van der Waals surface area contributed by atoms with Gasteiger partial charge in [0.15, 0.2) is 0 Å². The molecule has 1 aromatic carbocycles. The fraction of sp³-hybridized carbons (Fsp3) is 0.467. The van der Waals surface area contributed by atoms with Crippen molar-refractivity contribution < 1.29 is 22.7 Å². The van der Waals surface area contributed by atoms with Gasteiger partial charge in [0, 0.05) is 18.7 Å². The van der Waals surface area contributed by atoms with E-state index in [1.807, 2.05) is 0 Å². The second-order valence-corrected chi connectivity index (χ2v) is 5.50. The molecule has 0 radical (unpaired) electrons. The molecule has 22 heavy (non-hydrogen) atoms. The number of nitrogens with zero attached hydrogens (tertiary/aromatic N) is 2. The third-order valence-corrected chi connectivity index (χ3v) is 4.21. The van der Waals surface area contributed by atoms with Crippen molar-refractivity contribution >= 4 is 11.6 Å². The standard InChI is InChI=1S/C15H13F3N2O2/c16-15(17,18)12-6-11(2-1-10(12)7-19)20-13-8-22-4-3-9(13)5-14(20)21/h1-2,6,9,13H,3-5,8H2/t9-,13+/m1/s1. The molecule has 2 saturated heterocycles. The maximum absolute atomic E-state index is 13.1. The minimum Gasteiger partial charge on any atom is -0.379 e. The Kier molecular flexibility index (Phi) is 3.57. The molecule has 0 N–H and O–H groups in total. The number of hydrogen-bond donors (Lipinski definition) is 0. The van der Waals surface area contributed by atoms with Gasteiger partial charge < -0.3 is 9.64 Å². The van der Waals surface area contributed by atoms with Crippen LogP contribution >= 0.6 is 0 Å². The molecule has 0 aromatic heterocycles. The van der Waals surface area contributed by atoms with Crippen molar-refractivity contribution in [1.82, 2.24) is 0 Å². The Morgan fingerprint density at radius 1 is 1.36 bits per heavy atom. The van der Waals surface area contributed by atoms with Crippen LogP contribution in [0.15, 0.2) is 18.2 Å². The van der Waals surface area contributed by atoms with E-state index in [2.05, 4.69) is 0 Å². The molecule has 3 rings (SSSR count). The van der Waals surface area contributed by atoms with E-state index in [0.717, 1.165) is 18.6 Å². The Bertz CT molecular complexity index is 651. The molecular formula is C15H13F3N2O2. The summed E-state index contributed by atoms with van der Waals surface area (Å²) in [6.07, 6.45) is -3.57. The average Bonchev–Trinajstić information content (AvgIpc) is 2.81. The number of ether oxygens (including phenoxy) is 1. The van der Waals surface area contributed by atoms with E-state index in [1.165, 1.54) is 17.0 Å². The van der Waals surface area contributed by atoms with Gasteiger partial charge in [0.05, 0.1) is 29.8 Å². The van der Waals surface area contributed by atoms with Gasteiger partial charge in [0.25, 0.3) is 0 Å². The predicted octanol–water partition coefficient (Wildman–Crippen LogP) is 2.72. The van der Waals surface area contributed by atoms with Crippen LogP contribution in [0.4, 0.5) is 18.9 Å². The lowest BCUT2D eigenvalue weighted by atomic mass is 9.95. The van der Waals surface area contributed by atoms with Crippen LogP contribution in [0.3, 0.4) is 0 Å². The van der Waals surface area contributed by atoms with Crippen molar-refractivity contribution in [3.8, 4) is 6.07 Å². The summed E-state index contributed by atoms with van der Waals surface area (Å²) in [5, 5.41) is 8.83. The summed E-state index contributed by atoms with van der Waals surface area (Å²) in [5.74, 6) is -0.0791. The molecule has 0 aliphatic carbocycles. The maximum Gasteiger partial charge on any atom is 0.417 e. The maximum atomic E-state index is 13.1. The molecule has 2 heterocycles. The molecule has 2 aliphatic heterocycles. The number of rotatable bonds is 1. The molecule has 1 aromatic rings. The zero-order chi connectivity index (χ0) is 15.9. The molecule has 116 valence electrons. The third-order valence-electron chi connectivity index (χ3n) is 4.21. The number of alkyl halides is 3. The minimum atomic E-state index is -4.63. The molecule has 2 fully saturated rings. The fourth-order valence-corrected chi connectivity index (χ4v) is 3.15. The van der Waals surface area contributed by atoms with Crippen LogP contribution in [0.5, 0.6) is 0 Å². The fourth-order valence-electron chi connectivity index (χ4n) is 3.15. The molecule has 0 spiro atoms. The number of nitriles is 1. The van der Waals surface area contributed by atoms with Gasteiger partial charge in [-0.3, -0.25) is 4.79 Å². The first-order valence-corrected chi connectivity index (χ1v) is 6.93. The van der Waals surface area contributed by atoms with Gasteiger partial charge in [-0.2, -0.15) is 18.4 Å². The Balaban J connectivity index is 2.01. The summed E-state index contributed by atoms with van der Waals surface area (Å²) < 4.78 is 44.5. The van der Waals surface area contributed by atoms with E-state index >= 15 is 0 Å². The van der Waals surface area contributed by atoms with Crippen molar-refractivity contribution in [2.45, 2.75) is 25.1 Å². The van der Waals surface area contributed by atoms with Crippen LogP contribution in [-0.2, 0) is 15.7 Å². The molecule has 0 saturated carbocycles. The van der Waals surface area contributed by atoms with Gasteiger partial charge >= 0.3 is 6.18 Å². The molecule has 2 atom stereocenters. The van der Waals surface area contributed by atoms with E-state index in [9.17, 15) is 18.0 Å². The molecule has 0 unspecified atom stereocenters. The molecule has 4 nitrogen and oxygen atoms in total. The predicted molar refractivity (Wildman–Crippen MR) is 71.0 cm³/mol. The lowest BCUT2D eigenvalue weighted by Crippen LogP contribution is -2.41. The van der Waals surface area contributed by atoms with Crippen molar-refractivity contribution in [3.63, 3.8) is 0 Å². The summed E-state index contributed by atoms with van der Waals surface area (Å²) in [6, 6.07) is 4.70. The molecule has 7 heteroatoms. The number of halogens is 3. The number of anilines is 1. The number of carbonyl (C=O) groups excluding carboxylic acids is 1. The normalized spacial score (nSPS) is 25.0. The van der Waals surface area contributed by atoms with Crippen molar-refractivity contribution in [2.24, 2.45) is 5.92 Å². The molecule has 0 bridgehead atoms. The number of carbonyl (C=O) groups is 1. The monoisotopic (exact) mass is 310 g/mol. The highest BCUT2D eigenvalue weighted by Gasteiger charge is 2.43. The topological polar surface area (TPSA) is 53.3 Å². The van der Waals surface area contributed by atoms with Crippen LogP contribution in [-0.4, -0.2) is 25.2 Å². The molecular weight excluding hydrogens is 297 g/mol. The highest BCUT2D eigenvalue weighted by Crippen LogP contribution is 2.39. The van der Waals surface area contributed by atoms with E-state index in [0.29, 0.717) is 19.6 Å². The van der Waals surface area contributed by atoms with Gasteiger partial charge in [-0.1, -0.05) is 0 Å². The van der Waals surface area contributed by atoms with Crippen LogP contribution in [0, 0.1) is 17.2 Å². The largest absolute Gasteiger partial charge is 0.417 e. The lowest BCUT2D eigenvalue weighted by Gasteiger charge is -2.31. The van der Waals surface area contributed by atoms with Crippen molar-refractivity contribution in [1.29, 1.82) is 5.26 Å². The summed E-state index contributed by atoms with van der Waals surface area (Å²) in [6.45, 7) is 0.904. The van der Waals surface area contributed by atoms with Crippen molar-refractivity contribution in [3.05, 3.63) is 29.3 Å². The smallest absolute Gasteiger partial charge is 0.379 e. The molecule has 1 amide bonds. The highest BCUT2D eigenvalue weighted by atomic mass is 19.4. The van der Waals surface area contributed by atoms with Crippen molar-refractivity contribution in [2.75, 3.05) is 18.1 Å². The second-order valence-electron chi connectivity index (χ2n) is 5.50. The van der Waals surface area contributed by atoms with Gasteiger partial charge in [-0.25, -0.2) is 0 Å². The SMILES string of the molecule is N#Cc1ccc(N2C(=O)C[C@H]3CCOC[C@@H]32)cc1C(F)(F)F. The van der Waals surface area contributed by atoms with Crippen LogP contribution < -0.4 is 4.90 Å². The number of hydrogen-bond acceptors (Lipinski definition) is 3. The molecule has 2 aliphatic rings. The average molecular weight is 310 g/mol. The highest BCUT2D eigenvalue weighted by molar-refractivity contribution is 5.97. The zero-order valence-corrected chi connectivity index (χ0v) is 11.6. The first-order chi connectivity index (χ1) is 10.4. The first-order valence-electron chi connectivity index (χ1n) is 6.93. The Hall–Kier alpha value is -2.07. The van der Waals surface area contributed by atoms with E-state index in [1.54, 1.807) is 0 Å². The minimum absolute atomic E-state index is 0.117. The number of benzene rings is 1. The van der Waals surface area contributed by atoms with E-state index in [-0.39, 0.29) is 23.6 Å². The number of amides is 1. The van der Waals surface area contributed by atoms with Gasteiger partial charge in [-0.15, -0.1) is 0 Å². The quantitative estimate of drug-likeness (QED) is 0.801. The third kappa shape index (κ3) is 2.44. The van der Waals surface area contributed by atoms with Crippen LogP contribution in [0.1, 0.15) is 24.0 Å². The van der Waals surface area contributed by atoms with E-state index in [4.69, 9.17) is 10.00 Å². The summed E-state index contributed by atoms with van der Waals surface area (Å²) in [4.78, 5) is 13.6. The van der Waals surface area contributed by atoms with Crippen LogP contribution in [0.25, 0.3) is 0 Å². The Morgan fingerprint density at radius 3 is 2.82 bits per heavy atom. The lowest BCUT2D eigenvalue weighted by molar-refractivity contribution is -0.137. The second kappa shape index (κ2) is 5.29. The summed E-state index contributed by atoms with van der Waals surface area (Å²) in [7, 11) is 0. The van der Waals surface area contributed by atoms with E-state index < -0.39 is 17.3 Å². The van der Waals surface area contributed by atoms with Gasteiger partial charge in [-0.05, 0) is 30.5 Å². The van der Waals surface area contributed by atoms with Crippen LogP contribution in [0.2, 0.25) is 0 Å².